The molecule has 0 unspecified atom stereocenters. The molecule has 1 heterocycles. The molecule has 0 amide bonds. The third-order valence-corrected chi connectivity index (χ3v) is 2.31. The Hall–Kier alpha value is -0.650. The molecule has 0 aromatic heterocycles. The number of hydrogen-bond acceptors (Lipinski definition) is 4. The summed E-state index contributed by atoms with van der Waals surface area (Å²) in [7, 11) is 0. The lowest BCUT2D eigenvalue weighted by atomic mass is 10.0. The number of carboxylic acids is 1. The molecule has 0 bridgehead atoms. The summed E-state index contributed by atoms with van der Waals surface area (Å²) < 4.78 is 15.7. The van der Waals surface area contributed by atoms with E-state index in [2.05, 4.69) is 0 Å². The third-order valence-electron chi connectivity index (χ3n) is 2.31. The van der Waals surface area contributed by atoms with Gasteiger partial charge in [-0.15, -0.1) is 0 Å². The van der Waals surface area contributed by atoms with Crippen LogP contribution in [0.4, 0.5) is 0 Å². The fourth-order valence-corrected chi connectivity index (χ4v) is 1.38. The molecule has 0 aromatic carbocycles. The molecule has 1 aliphatic heterocycles. The smallest absolute Gasteiger partial charge is 0.306 e. The van der Waals surface area contributed by atoms with E-state index in [1.807, 2.05) is 0 Å². The molecule has 1 saturated heterocycles. The maximum absolute atomic E-state index is 10.8. The first kappa shape index (κ1) is 12.4. The summed E-state index contributed by atoms with van der Waals surface area (Å²) in [6, 6.07) is 0. The second-order valence-corrected chi connectivity index (χ2v) is 3.45. The van der Waals surface area contributed by atoms with Crippen LogP contribution < -0.4 is 0 Å². The number of ether oxygens (including phenoxy) is 3. The molecule has 0 spiro atoms. The topological polar surface area (TPSA) is 65.0 Å². The fourth-order valence-electron chi connectivity index (χ4n) is 1.38. The Kier molecular flexibility index (Phi) is 6.31. The van der Waals surface area contributed by atoms with Crippen molar-refractivity contribution in [3.8, 4) is 0 Å². The Balaban J connectivity index is 2.28. The first-order valence-corrected chi connectivity index (χ1v) is 5.26. The van der Waals surface area contributed by atoms with Gasteiger partial charge in [0.25, 0.3) is 0 Å². The average Bonchev–Trinajstić information content (AvgIpc) is 2.18. The van der Waals surface area contributed by atoms with Crippen molar-refractivity contribution in [1.82, 2.24) is 0 Å². The zero-order valence-electron chi connectivity index (χ0n) is 8.81. The first-order valence-electron chi connectivity index (χ1n) is 5.26. The minimum absolute atomic E-state index is 0.356. The van der Waals surface area contributed by atoms with Gasteiger partial charge in [-0.3, -0.25) is 4.79 Å². The molecule has 0 aliphatic carbocycles. The first-order chi connectivity index (χ1) is 7.30. The minimum atomic E-state index is -0.768. The Morgan fingerprint density at radius 2 is 1.27 bits per heavy atom. The van der Waals surface area contributed by atoms with Crippen molar-refractivity contribution in [2.75, 3.05) is 39.6 Å². The van der Waals surface area contributed by atoms with Crippen LogP contribution in [0.25, 0.3) is 0 Å². The van der Waals surface area contributed by atoms with E-state index in [4.69, 9.17) is 19.3 Å². The van der Waals surface area contributed by atoms with Crippen LogP contribution in [0.15, 0.2) is 0 Å². The quantitative estimate of drug-likeness (QED) is 0.695. The number of carbonyl (C=O) groups is 1. The molecule has 0 atom stereocenters. The van der Waals surface area contributed by atoms with Crippen molar-refractivity contribution in [3.05, 3.63) is 0 Å². The zero-order valence-corrected chi connectivity index (χ0v) is 8.81. The summed E-state index contributed by atoms with van der Waals surface area (Å²) in [5.41, 5.74) is 0. The average molecular weight is 218 g/mol. The normalized spacial score (nSPS) is 22.7. The fraction of sp³-hybridized carbons (Fsp3) is 0.900. The van der Waals surface area contributed by atoms with Gasteiger partial charge in [-0.25, -0.2) is 0 Å². The molecule has 0 radical (unpaired) electrons. The molecular weight excluding hydrogens is 200 g/mol. The van der Waals surface area contributed by atoms with Crippen molar-refractivity contribution < 1.29 is 24.1 Å². The van der Waals surface area contributed by atoms with Gasteiger partial charge in [0.2, 0.25) is 0 Å². The van der Waals surface area contributed by atoms with Crippen LogP contribution in [0, 0.1) is 5.92 Å². The van der Waals surface area contributed by atoms with Gasteiger partial charge in [0.15, 0.2) is 0 Å². The van der Waals surface area contributed by atoms with Gasteiger partial charge in [0.1, 0.15) is 0 Å². The SMILES string of the molecule is O=C(O)C1CCOCCOCCOCC1. The van der Waals surface area contributed by atoms with Gasteiger partial charge in [-0.2, -0.15) is 0 Å². The Morgan fingerprint density at radius 1 is 0.867 bits per heavy atom. The van der Waals surface area contributed by atoms with Gasteiger partial charge >= 0.3 is 5.97 Å². The van der Waals surface area contributed by atoms with Crippen molar-refractivity contribution in [3.63, 3.8) is 0 Å². The molecule has 1 rings (SSSR count). The van der Waals surface area contributed by atoms with E-state index in [0.717, 1.165) is 0 Å². The summed E-state index contributed by atoms with van der Waals surface area (Å²) in [6.07, 6.45) is 1.08. The highest BCUT2D eigenvalue weighted by atomic mass is 16.5. The predicted octanol–water partition coefficient (Wildman–Crippen LogP) is 0.531. The van der Waals surface area contributed by atoms with E-state index in [9.17, 15) is 4.79 Å². The van der Waals surface area contributed by atoms with Gasteiger partial charge < -0.3 is 19.3 Å². The maximum atomic E-state index is 10.8. The lowest BCUT2D eigenvalue weighted by Crippen LogP contribution is -2.20. The summed E-state index contributed by atoms with van der Waals surface area (Å²) in [6.45, 7) is 3.07. The standard InChI is InChI=1S/C10H18O5/c11-10(12)9-1-3-13-5-7-15-8-6-14-4-2-9/h9H,1-8H2,(H,11,12). The van der Waals surface area contributed by atoms with Crippen LogP contribution in [0.5, 0.6) is 0 Å². The third kappa shape index (κ3) is 5.71. The molecule has 0 aromatic rings. The van der Waals surface area contributed by atoms with Crippen LogP contribution in [0.1, 0.15) is 12.8 Å². The van der Waals surface area contributed by atoms with Crippen molar-refractivity contribution >= 4 is 5.97 Å². The number of rotatable bonds is 1. The van der Waals surface area contributed by atoms with E-state index < -0.39 is 5.97 Å². The van der Waals surface area contributed by atoms with Crippen molar-refractivity contribution in [2.24, 2.45) is 5.92 Å². The van der Waals surface area contributed by atoms with Gasteiger partial charge in [-0.1, -0.05) is 0 Å². The zero-order chi connectivity index (χ0) is 10.9. The summed E-state index contributed by atoms with van der Waals surface area (Å²) >= 11 is 0. The Labute approximate surface area is 89.3 Å². The second kappa shape index (κ2) is 7.62. The highest BCUT2D eigenvalue weighted by Gasteiger charge is 2.17. The lowest BCUT2D eigenvalue weighted by molar-refractivity contribution is -0.143. The highest BCUT2D eigenvalue weighted by molar-refractivity contribution is 5.69. The summed E-state index contributed by atoms with van der Waals surface area (Å²) in [5, 5.41) is 8.91. The molecule has 5 heteroatoms. The monoisotopic (exact) mass is 218 g/mol. The lowest BCUT2D eigenvalue weighted by Gasteiger charge is -2.14. The molecule has 1 aliphatic rings. The van der Waals surface area contributed by atoms with E-state index >= 15 is 0 Å². The minimum Gasteiger partial charge on any atom is -0.481 e. The molecule has 0 saturated carbocycles. The van der Waals surface area contributed by atoms with Crippen LogP contribution in [-0.4, -0.2) is 50.7 Å². The van der Waals surface area contributed by atoms with E-state index in [1.54, 1.807) is 0 Å². The molecule has 1 fully saturated rings. The summed E-state index contributed by atoms with van der Waals surface area (Å²) in [4.78, 5) is 10.8. The van der Waals surface area contributed by atoms with Crippen LogP contribution in [-0.2, 0) is 19.0 Å². The highest BCUT2D eigenvalue weighted by Crippen LogP contribution is 2.09. The van der Waals surface area contributed by atoms with Gasteiger partial charge in [-0.05, 0) is 12.8 Å². The number of hydrogen-bond donors (Lipinski definition) is 1. The van der Waals surface area contributed by atoms with Crippen molar-refractivity contribution in [1.29, 1.82) is 0 Å². The van der Waals surface area contributed by atoms with E-state index in [-0.39, 0.29) is 5.92 Å². The Morgan fingerprint density at radius 3 is 1.67 bits per heavy atom. The van der Waals surface area contributed by atoms with Gasteiger partial charge in [0, 0.05) is 13.2 Å². The molecule has 88 valence electrons. The molecule has 15 heavy (non-hydrogen) atoms. The van der Waals surface area contributed by atoms with Crippen LogP contribution >= 0.6 is 0 Å². The van der Waals surface area contributed by atoms with Gasteiger partial charge in [0.05, 0.1) is 32.3 Å². The summed E-state index contributed by atoms with van der Waals surface area (Å²) in [5.74, 6) is -1.12. The number of aliphatic carboxylic acids is 1. The van der Waals surface area contributed by atoms with Crippen LogP contribution in [0.2, 0.25) is 0 Å². The number of carboxylic acid groups (broad SMARTS) is 1. The van der Waals surface area contributed by atoms with Crippen LogP contribution in [0.3, 0.4) is 0 Å². The predicted molar refractivity (Wildman–Crippen MR) is 52.8 cm³/mol. The second-order valence-electron chi connectivity index (χ2n) is 3.45. The maximum Gasteiger partial charge on any atom is 0.306 e. The molecule has 5 nitrogen and oxygen atoms in total. The molecular formula is C10H18O5. The van der Waals surface area contributed by atoms with Crippen molar-refractivity contribution in [2.45, 2.75) is 12.8 Å². The van der Waals surface area contributed by atoms with E-state index in [1.165, 1.54) is 0 Å². The Bertz CT molecular complexity index is 171. The largest absolute Gasteiger partial charge is 0.481 e. The molecule has 1 N–H and O–H groups in total. The van der Waals surface area contributed by atoms with E-state index in [0.29, 0.717) is 52.5 Å².